The average Bonchev–Trinajstić information content (AvgIpc) is 2.69. The molecular weight excluding hydrogens is 361 g/mol. The van der Waals surface area contributed by atoms with Crippen molar-refractivity contribution in [2.75, 3.05) is 17.4 Å². The summed E-state index contributed by atoms with van der Waals surface area (Å²) in [5, 5.41) is 10.5. The molecule has 0 spiro atoms. The molecule has 2 heterocycles. The Morgan fingerprint density at radius 2 is 1.85 bits per heavy atom. The lowest BCUT2D eigenvalue weighted by molar-refractivity contribution is -0.129. The number of amides is 1. The Balaban J connectivity index is 1.65. The second kappa shape index (κ2) is 7.09. The van der Waals surface area contributed by atoms with Crippen LogP contribution in [0.25, 0.3) is 0 Å². The van der Waals surface area contributed by atoms with E-state index in [-0.39, 0.29) is 24.1 Å². The Kier molecular flexibility index (Phi) is 4.63. The highest BCUT2D eigenvalue weighted by Crippen LogP contribution is 2.43. The predicted octanol–water partition coefficient (Wildman–Crippen LogP) is 4.35. The first-order valence-corrected chi connectivity index (χ1v) is 9.70. The van der Waals surface area contributed by atoms with Crippen LogP contribution in [0.4, 0.5) is 10.1 Å². The first-order chi connectivity index (χ1) is 13.1. The number of carbonyl (C=O) groups excluding carboxylic acids is 1. The smallest absolute Gasteiger partial charge is 0.229 e. The van der Waals surface area contributed by atoms with Gasteiger partial charge in [0.15, 0.2) is 0 Å². The number of anilines is 1. The number of hydrogen-bond acceptors (Lipinski definition) is 4. The fourth-order valence-corrected chi connectivity index (χ4v) is 4.63. The lowest BCUT2D eigenvalue weighted by atomic mass is 9.86. The van der Waals surface area contributed by atoms with E-state index in [1.165, 1.54) is 23.9 Å². The Bertz CT molecular complexity index is 947. The van der Waals surface area contributed by atoms with Gasteiger partial charge in [0, 0.05) is 18.0 Å². The SMILES string of the molecule is Cc1ccc([C@@H]2CC(=O)N3CN(c4ccc(F)cc4)CSC3=C2C#N)cc1. The largest absolute Gasteiger partial charge is 0.344 e. The van der Waals surface area contributed by atoms with E-state index in [0.29, 0.717) is 18.1 Å². The second-order valence-electron chi connectivity index (χ2n) is 6.75. The topological polar surface area (TPSA) is 47.3 Å². The molecule has 136 valence electrons. The summed E-state index contributed by atoms with van der Waals surface area (Å²) < 4.78 is 13.2. The summed E-state index contributed by atoms with van der Waals surface area (Å²) in [4.78, 5) is 16.5. The lowest BCUT2D eigenvalue weighted by Crippen LogP contribution is -2.47. The Hall–Kier alpha value is -2.78. The van der Waals surface area contributed by atoms with Gasteiger partial charge in [0.25, 0.3) is 0 Å². The normalized spacial score (nSPS) is 19.7. The second-order valence-corrected chi connectivity index (χ2v) is 7.68. The number of nitrogens with zero attached hydrogens (tertiary/aromatic N) is 3. The minimum absolute atomic E-state index is 0.00823. The van der Waals surface area contributed by atoms with Gasteiger partial charge in [-0.1, -0.05) is 41.6 Å². The quantitative estimate of drug-likeness (QED) is 0.778. The number of carbonyl (C=O) groups is 1. The monoisotopic (exact) mass is 379 g/mol. The van der Waals surface area contributed by atoms with E-state index in [2.05, 4.69) is 6.07 Å². The molecule has 0 unspecified atom stereocenters. The maximum atomic E-state index is 13.2. The van der Waals surface area contributed by atoms with E-state index < -0.39 is 0 Å². The van der Waals surface area contributed by atoms with Gasteiger partial charge >= 0.3 is 0 Å². The molecule has 0 N–H and O–H groups in total. The summed E-state index contributed by atoms with van der Waals surface area (Å²) in [6, 6.07) is 16.6. The first-order valence-electron chi connectivity index (χ1n) is 8.71. The highest BCUT2D eigenvalue weighted by Gasteiger charge is 2.38. The number of hydrogen-bond donors (Lipinski definition) is 0. The zero-order chi connectivity index (χ0) is 19.0. The molecule has 1 amide bonds. The summed E-state index contributed by atoms with van der Waals surface area (Å²) in [5.74, 6) is 0.134. The maximum absolute atomic E-state index is 13.2. The summed E-state index contributed by atoms with van der Waals surface area (Å²) in [6.07, 6.45) is 0.285. The van der Waals surface area contributed by atoms with Gasteiger partial charge in [-0.05, 0) is 36.8 Å². The summed E-state index contributed by atoms with van der Waals surface area (Å²) >= 11 is 1.49. The minimum atomic E-state index is -0.286. The van der Waals surface area contributed by atoms with Crippen LogP contribution in [0, 0.1) is 24.1 Å². The molecule has 1 atom stereocenters. The van der Waals surface area contributed by atoms with Gasteiger partial charge in [0.2, 0.25) is 5.91 Å². The molecule has 2 aromatic rings. The highest BCUT2D eigenvalue weighted by molar-refractivity contribution is 8.03. The molecule has 2 aliphatic heterocycles. The van der Waals surface area contributed by atoms with E-state index in [1.807, 2.05) is 36.1 Å². The number of nitriles is 1. The van der Waals surface area contributed by atoms with Crippen molar-refractivity contribution in [3.63, 3.8) is 0 Å². The molecule has 27 heavy (non-hydrogen) atoms. The van der Waals surface area contributed by atoms with Gasteiger partial charge in [0.1, 0.15) is 5.82 Å². The van der Waals surface area contributed by atoms with Crippen LogP contribution >= 0.6 is 11.8 Å². The minimum Gasteiger partial charge on any atom is -0.344 e. The fraction of sp³-hybridized carbons (Fsp3) is 0.238. The van der Waals surface area contributed by atoms with E-state index >= 15 is 0 Å². The van der Waals surface area contributed by atoms with Crippen molar-refractivity contribution in [3.8, 4) is 6.07 Å². The molecule has 2 aromatic carbocycles. The molecule has 0 bridgehead atoms. The molecule has 0 radical (unpaired) electrons. The highest BCUT2D eigenvalue weighted by atomic mass is 32.2. The molecular formula is C21H18FN3OS. The van der Waals surface area contributed by atoms with Gasteiger partial charge in [-0.3, -0.25) is 9.69 Å². The lowest BCUT2D eigenvalue weighted by Gasteiger charge is -2.42. The van der Waals surface area contributed by atoms with Gasteiger partial charge < -0.3 is 4.90 Å². The van der Waals surface area contributed by atoms with Crippen molar-refractivity contribution >= 4 is 23.4 Å². The van der Waals surface area contributed by atoms with E-state index in [4.69, 9.17) is 0 Å². The molecule has 1 fully saturated rings. The number of thioether (sulfide) groups is 1. The molecule has 0 saturated carbocycles. The summed E-state index contributed by atoms with van der Waals surface area (Å²) in [6.45, 7) is 2.39. The number of rotatable bonds is 2. The Morgan fingerprint density at radius 3 is 2.52 bits per heavy atom. The number of benzene rings is 2. The van der Waals surface area contributed by atoms with Crippen LogP contribution < -0.4 is 4.90 Å². The van der Waals surface area contributed by atoms with Crippen LogP contribution in [0.2, 0.25) is 0 Å². The van der Waals surface area contributed by atoms with Crippen LogP contribution in [0.1, 0.15) is 23.5 Å². The van der Waals surface area contributed by atoms with Gasteiger partial charge in [-0.25, -0.2) is 4.39 Å². The third-order valence-corrected chi connectivity index (χ3v) is 6.12. The predicted molar refractivity (Wildman–Crippen MR) is 104 cm³/mol. The van der Waals surface area contributed by atoms with Crippen molar-refractivity contribution in [1.82, 2.24) is 4.90 Å². The Morgan fingerprint density at radius 1 is 1.15 bits per heavy atom. The van der Waals surface area contributed by atoms with E-state index in [9.17, 15) is 14.4 Å². The number of halogens is 1. The summed E-state index contributed by atoms with van der Waals surface area (Å²) in [7, 11) is 0. The zero-order valence-corrected chi connectivity index (χ0v) is 15.7. The molecule has 1 saturated heterocycles. The van der Waals surface area contributed by atoms with Crippen molar-refractivity contribution in [1.29, 1.82) is 5.26 Å². The molecule has 0 aliphatic carbocycles. The van der Waals surface area contributed by atoms with Crippen molar-refractivity contribution in [2.45, 2.75) is 19.3 Å². The van der Waals surface area contributed by atoms with E-state index in [1.54, 1.807) is 17.0 Å². The number of aryl methyl sites for hydroxylation is 1. The molecule has 2 aliphatic rings. The van der Waals surface area contributed by atoms with Gasteiger partial charge in [-0.2, -0.15) is 5.26 Å². The van der Waals surface area contributed by atoms with Gasteiger partial charge in [-0.15, -0.1) is 0 Å². The third-order valence-electron chi connectivity index (χ3n) is 4.97. The molecule has 4 nitrogen and oxygen atoms in total. The zero-order valence-electron chi connectivity index (χ0n) is 14.9. The van der Waals surface area contributed by atoms with Crippen molar-refractivity contribution in [3.05, 3.63) is 76.1 Å². The van der Waals surface area contributed by atoms with Crippen LogP contribution in [0.3, 0.4) is 0 Å². The Labute approximate surface area is 161 Å². The fourth-order valence-electron chi connectivity index (χ4n) is 3.46. The van der Waals surface area contributed by atoms with Crippen LogP contribution in [-0.4, -0.2) is 23.4 Å². The number of fused-ring (bicyclic) bond motifs is 1. The average molecular weight is 379 g/mol. The van der Waals surface area contributed by atoms with Crippen LogP contribution in [0.5, 0.6) is 0 Å². The third kappa shape index (κ3) is 3.31. The van der Waals surface area contributed by atoms with Crippen LogP contribution in [0.15, 0.2) is 59.1 Å². The molecule has 4 rings (SSSR count). The standard InChI is InChI=1S/C21H18FN3OS/c1-14-2-4-15(5-3-14)18-10-20(26)25-12-24(13-27-21(25)19(18)11-23)17-8-6-16(22)7-9-17/h2-9,18H,10,12-13H2,1H3/t18-/m0/s1. The summed E-state index contributed by atoms with van der Waals surface area (Å²) in [5.41, 5.74) is 3.66. The van der Waals surface area contributed by atoms with Crippen molar-refractivity contribution < 1.29 is 9.18 Å². The van der Waals surface area contributed by atoms with Gasteiger partial charge in [0.05, 0.1) is 29.2 Å². The number of allylic oxidation sites excluding steroid dienone is 1. The molecule has 6 heteroatoms. The maximum Gasteiger partial charge on any atom is 0.229 e. The van der Waals surface area contributed by atoms with E-state index in [0.717, 1.165) is 21.8 Å². The molecule has 0 aromatic heterocycles. The first kappa shape index (κ1) is 17.6. The van der Waals surface area contributed by atoms with Crippen molar-refractivity contribution in [2.24, 2.45) is 0 Å². The van der Waals surface area contributed by atoms with Crippen LogP contribution in [-0.2, 0) is 4.79 Å².